The first-order chi connectivity index (χ1) is 11.8. The summed E-state index contributed by atoms with van der Waals surface area (Å²) in [6, 6.07) is 11.4. The number of hydrogen-bond acceptors (Lipinski definition) is 4. The summed E-state index contributed by atoms with van der Waals surface area (Å²) in [7, 11) is 0. The number of benzene rings is 2. The van der Waals surface area contributed by atoms with Gasteiger partial charge in [0.05, 0.1) is 5.56 Å². The van der Waals surface area contributed by atoms with E-state index in [0.717, 1.165) is 12.1 Å². The summed E-state index contributed by atoms with van der Waals surface area (Å²) in [6.07, 6.45) is -3.73. The molecule has 3 aromatic rings. The first-order valence-electron chi connectivity index (χ1n) is 7.26. The molecule has 0 spiro atoms. The van der Waals surface area contributed by atoms with Crippen LogP contribution in [0.3, 0.4) is 0 Å². The highest BCUT2D eigenvalue weighted by atomic mass is 19.4. The zero-order valence-corrected chi connectivity index (χ0v) is 12.7. The van der Waals surface area contributed by atoms with Crippen LogP contribution in [0, 0.1) is 0 Å². The van der Waals surface area contributed by atoms with Crippen LogP contribution in [-0.2, 0) is 11.0 Å². The second-order valence-corrected chi connectivity index (χ2v) is 5.33. The van der Waals surface area contributed by atoms with Crippen LogP contribution in [0.4, 0.5) is 13.2 Å². The van der Waals surface area contributed by atoms with Crippen molar-refractivity contribution >= 4 is 28.7 Å². The highest BCUT2D eigenvalue weighted by Gasteiger charge is 2.30. The molecule has 0 aliphatic heterocycles. The summed E-state index contributed by atoms with van der Waals surface area (Å²) in [6.45, 7) is 0. The van der Waals surface area contributed by atoms with Gasteiger partial charge in [-0.2, -0.15) is 13.2 Å². The van der Waals surface area contributed by atoms with Crippen LogP contribution in [-0.4, -0.2) is 11.0 Å². The molecule has 7 heteroatoms. The number of para-hydroxylation sites is 2. The van der Waals surface area contributed by atoms with E-state index in [2.05, 4.69) is 4.98 Å². The summed E-state index contributed by atoms with van der Waals surface area (Å²) in [4.78, 5) is 15.2. The Hall–Kier alpha value is -3.09. The van der Waals surface area contributed by atoms with Crippen molar-refractivity contribution in [3.05, 3.63) is 65.5 Å². The summed E-state index contributed by atoms with van der Waals surface area (Å²) >= 11 is 0. The number of oxazole rings is 1. The van der Waals surface area contributed by atoms with Crippen LogP contribution in [0.25, 0.3) is 22.7 Å². The summed E-state index contributed by atoms with van der Waals surface area (Å²) < 4.78 is 44.0. The first kappa shape index (κ1) is 16.8. The molecule has 0 unspecified atom stereocenters. The fraction of sp³-hybridized carbons (Fsp3) is 0.111. The van der Waals surface area contributed by atoms with Crippen LogP contribution >= 0.6 is 0 Å². The molecule has 0 amide bonds. The molecule has 4 nitrogen and oxygen atoms in total. The number of alkyl halides is 3. The Balaban J connectivity index is 2.06. The van der Waals surface area contributed by atoms with Gasteiger partial charge in [0.1, 0.15) is 5.52 Å². The van der Waals surface area contributed by atoms with Crippen LogP contribution in [0.15, 0.2) is 52.9 Å². The Morgan fingerprint density at radius 1 is 1.16 bits per heavy atom. The number of carboxylic acid groups (broad SMARTS) is 1. The number of carboxylic acids is 1. The van der Waals surface area contributed by atoms with Gasteiger partial charge in [0.15, 0.2) is 5.58 Å². The zero-order valence-electron chi connectivity index (χ0n) is 12.7. The number of carbonyl (C=O) groups is 1. The number of aromatic nitrogens is 1. The molecule has 1 aromatic heterocycles. The third-order valence-electron chi connectivity index (χ3n) is 3.46. The van der Waals surface area contributed by atoms with E-state index >= 15 is 0 Å². The molecule has 3 rings (SSSR count). The predicted molar refractivity (Wildman–Crippen MR) is 82.9 cm³/mol. The van der Waals surface area contributed by atoms with Gasteiger partial charge in [-0.3, -0.25) is 0 Å². The molecule has 0 aliphatic rings. The lowest BCUT2D eigenvalue weighted by atomic mass is 10.1. The summed E-state index contributed by atoms with van der Waals surface area (Å²) in [5, 5.41) is 11.0. The minimum atomic E-state index is -4.49. The van der Waals surface area contributed by atoms with Crippen molar-refractivity contribution in [2.75, 3.05) is 0 Å². The predicted octanol–water partition coefficient (Wildman–Crippen LogP) is 3.53. The van der Waals surface area contributed by atoms with Gasteiger partial charge in [0.2, 0.25) is 5.89 Å². The van der Waals surface area contributed by atoms with Crippen molar-refractivity contribution in [2.45, 2.75) is 12.6 Å². The van der Waals surface area contributed by atoms with Crippen molar-refractivity contribution in [1.82, 2.24) is 4.98 Å². The molecule has 2 aromatic carbocycles. The van der Waals surface area contributed by atoms with Gasteiger partial charge < -0.3 is 14.3 Å². The van der Waals surface area contributed by atoms with E-state index in [1.54, 1.807) is 24.3 Å². The molecule has 0 radical (unpaired) electrons. The SMILES string of the molecule is O=C([O-])C/C(=C\c1cccc(C(F)(F)F)c1)c1nc2ccccc2o1. The smallest absolute Gasteiger partial charge is 0.416 e. The van der Waals surface area contributed by atoms with Crippen molar-refractivity contribution < 1.29 is 27.5 Å². The standard InChI is InChI=1S/C18H12F3NO3/c19-18(20,21)13-5-3-4-11(9-13)8-12(10-16(23)24)17-22-14-6-1-2-7-15(14)25-17/h1-9H,10H2,(H,23,24)/p-1/b12-8+. The third-order valence-corrected chi connectivity index (χ3v) is 3.46. The molecule has 0 fully saturated rings. The molecule has 0 saturated carbocycles. The highest BCUT2D eigenvalue weighted by molar-refractivity contribution is 5.90. The minimum Gasteiger partial charge on any atom is -0.550 e. The minimum absolute atomic E-state index is 0.0304. The normalized spacial score (nSPS) is 12.5. The van der Waals surface area contributed by atoms with E-state index in [4.69, 9.17) is 4.42 Å². The monoisotopic (exact) mass is 346 g/mol. The van der Waals surface area contributed by atoms with Gasteiger partial charge in [-0.15, -0.1) is 0 Å². The molecule has 25 heavy (non-hydrogen) atoms. The average molecular weight is 346 g/mol. The van der Waals surface area contributed by atoms with Gasteiger partial charge in [-0.25, -0.2) is 4.98 Å². The summed E-state index contributed by atoms with van der Waals surface area (Å²) in [5.41, 5.74) is 0.451. The first-order valence-corrected chi connectivity index (χ1v) is 7.26. The number of halogens is 3. The van der Waals surface area contributed by atoms with Crippen LogP contribution in [0.2, 0.25) is 0 Å². The second-order valence-electron chi connectivity index (χ2n) is 5.33. The maximum absolute atomic E-state index is 12.8. The Morgan fingerprint density at radius 2 is 1.92 bits per heavy atom. The van der Waals surface area contributed by atoms with Gasteiger partial charge in [0, 0.05) is 18.0 Å². The van der Waals surface area contributed by atoms with Crippen LogP contribution in [0.5, 0.6) is 0 Å². The molecule has 0 atom stereocenters. The lowest BCUT2D eigenvalue weighted by Crippen LogP contribution is -2.22. The maximum Gasteiger partial charge on any atom is 0.416 e. The Morgan fingerprint density at radius 3 is 2.60 bits per heavy atom. The Labute approximate surface area is 140 Å². The van der Waals surface area contributed by atoms with Crippen LogP contribution in [0.1, 0.15) is 23.4 Å². The topological polar surface area (TPSA) is 66.2 Å². The molecule has 0 aliphatic carbocycles. The number of fused-ring (bicyclic) bond motifs is 1. The number of nitrogens with zero attached hydrogens (tertiary/aromatic N) is 1. The highest BCUT2D eigenvalue weighted by Crippen LogP contribution is 2.31. The van der Waals surface area contributed by atoms with Crippen LogP contribution < -0.4 is 5.11 Å². The Bertz CT molecular complexity index is 924. The van der Waals surface area contributed by atoms with Crippen molar-refractivity contribution in [3.8, 4) is 0 Å². The molecule has 0 bridgehead atoms. The molecule has 1 heterocycles. The number of rotatable bonds is 4. The van der Waals surface area contributed by atoms with Gasteiger partial charge in [0.25, 0.3) is 0 Å². The number of carbonyl (C=O) groups excluding carboxylic acids is 1. The van der Waals surface area contributed by atoms with E-state index < -0.39 is 24.1 Å². The quantitative estimate of drug-likeness (QED) is 0.725. The zero-order chi connectivity index (χ0) is 18.0. The summed E-state index contributed by atoms with van der Waals surface area (Å²) in [5.74, 6) is -1.36. The molecule has 0 N–H and O–H groups in total. The fourth-order valence-electron chi connectivity index (χ4n) is 2.36. The lowest BCUT2D eigenvalue weighted by Gasteiger charge is -2.08. The second kappa shape index (κ2) is 6.43. The number of hydrogen-bond donors (Lipinski definition) is 0. The largest absolute Gasteiger partial charge is 0.550 e. The van der Waals surface area contributed by atoms with Crippen molar-refractivity contribution in [1.29, 1.82) is 0 Å². The van der Waals surface area contributed by atoms with E-state index in [1.807, 2.05) is 0 Å². The van der Waals surface area contributed by atoms with Crippen molar-refractivity contribution in [3.63, 3.8) is 0 Å². The van der Waals surface area contributed by atoms with E-state index in [0.29, 0.717) is 11.1 Å². The van der Waals surface area contributed by atoms with Gasteiger partial charge in [-0.05, 0) is 35.9 Å². The maximum atomic E-state index is 12.8. The lowest BCUT2D eigenvalue weighted by molar-refractivity contribution is -0.304. The molecular weight excluding hydrogens is 335 g/mol. The van der Waals surface area contributed by atoms with E-state index in [-0.39, 0.29) is 17.0 Å². The Kier molecular flexibility index (Phi) is 4.31. The molecule has 0 saturated heterocycles. The third kappa shape index (κ3) is 3.88. The van der Waals surface area contributed by atoms with E-state index in [9.17, 15) is 23.1 Å². The van der Waals surface area contributed by atoms with Gasteiger partial charge in [-0.1, -0.05) is 24.3 Å². The van der Waals surface area contributed by atoms with E-state index in [1.165, 1.54) is 18.2 Å². The fourth-order valence-corrected chi connectivity index (χ4v) is 2.36. The average Bonchev–Trinajstić information content (AvgIpc) is 2.97. The molecular formula is C18H11F3NO3-. The number of aliphatic carboxylic acids is 1. The van der Waals surface area contributed by atoms with Crippen molar-refractivity contribution in [2.24, 2.45) is 0 Å². The molecule has 128 valence electrons. The van der Waals surface area contributed by atoms with Gasteiger partial charge >= 0.3 is 6.18 Å².